The van der Waals surface area contributed by atoms with Crippen LogP contribution in [0.4, 0.5) is 10.5 Å². The molecule has 4 rings (SSSR count). The SMILES string of the molecule is COc1cccc(OC(=O)N2CC(NC(=O)c3sc4nnc(C)c(C)c4c3N)C2)c1. The van der Waals surface area contributed by atoms with Gasteiger partial charge in [-0.1, -0.05) is 6.07 Å². The molecule has 0 unspecified atom stereocenters. The Balaban J connectivity index is 1.36. The van der Waals surface area contributed by atoms with Crippen LogP contribution in [0.2, 0.25) is 0 Å². The van der Waals surface area contributed by atoms with Crippen LogP contribution in [0.25, 0.3) is 10.2 Å². The van der Waals surface area contributed by atoms with E-state index in [1.165, 1.54) is 16.2 Å². The van der Waals surface area contributed by atoms with Crippen LogP contribution in [-0.2, 0) is 0 Å². The highest BCUT2D eigenvalue weighted by molar-refractivity contribution is 7.21. The summed E-state index contributed by atoms with van der Waals surface area (Å²) in [5.74, 6) is 0.722. The number of fused-ring (bicyclic) bond motifs is 1. The minimum absolute atomic E-state index is 0.172. The predicted octanol–water partition coefficient (Wildman–Crippen LogP) is 2.51. The Kier molecular flexibility index (Phi) is 5.17. The minimum atomic E-state index is -0.475. The second-order valence-corrected chi connectivity index (χ2v) is 8.06. The van der Waals surface area contributed by atoms with Gasteiger partial charge in [-0.3, -0.25) is 4.79 Å². The maximum Gasteiger partial charge on any atom is 0.415 e. The fraction of sp³-hybridized carbons (Fsp3) is 0.300. The highest BCUT2D eigenvalue weighted by atomic mass is 32.1. The van der Waals surface area contributed by atoms with Crippen LogP contribution in [0.3, 0.4) is 0 Å². The number of likely N-dealkylation sites (tertiary alicyclic amines) is 1. The summed E-state index contributed by atoms with van der Waals surface area (Å²) in [6, 6.07) is 6.64. The lowest BCUT2D eigenvalue weighted by atomic mass is 10.1. The molecule has 3 heterocycles. The first-order valence-electron chi connectivity index (χ1n) is 9.31. The van der Waals surface area contributed by atoms with E-state index in [0.29, 0.717) is 40.0 Å². The molecule has 1 fully saturated rings. The smallest absolute Gasteiger partial charge is 0.415 e. The van der Waals surface area contributed by atoms with Crippen LogP contribution >= 0.6 is 11.3 Å². The van der Waals surface area contributed by atoms with E-state index in [0.717, 1.165) is 16.6 Å². The van der Waals surface area contributed by atoms with Gasteiger partial charge in [0.05, 0.1) is 24.5 Å². The molecule has 0 radical (unpaired) electrons. The number of benzene rings is 1. The van der Waals surface area contributed by atoms with E-state index in [1.807, 2.05) is 13.8 Å². The summed E-state index contributed by atoms with van der Waals surface area (Å²) < 4.78 is 10.5. The van der Waals surface area contributed by atoms with E-state index >= 15 is 0 Å². The quantitative estimate of drug-likeness (QED) is 0.656. The number of carbonyl (C=O) groups excluding carboxylic acids is 2. The second-order valence-electron chi connectivity index (χ2n) is 7.06. The number of nitrogens with one attached hydrogen (secondary N) is 1. The summed E-state index contributed by atoms with van der Waals surface area (Å²) in [5, 5.41) is 11.9. The molecule has 0 spiro atoms. The van der Waals surface area contributed by atoms with Gasteiger partial charge in [0, 0.05) is 24.5 Å². The van der Waals surface area contributed by atoms with Crippen molar-refractivity contribution in [2.45, 2.75) is 19.9 Å². The molecule has 1 saturated heterocycles. The number of anilines is 1. The summed E-state index contributed by atoms with van der Waals surface area (Å²) in [4.78, 5) is 27.5. The van der Waals surface area contributed by atoms with Crippen molar-refractivity contribution in [1.29, 1.82) is 0 Å². The van der Waals surface area contributed by atoms with Gasteiger partial charge in [0.1, 0.15) is 21.2 Å². The summed E-state index contributed by atoms with van der Waals surface area (Å²) in [6.07, 6.45) is -0.475. The average molecular weight is 427 g/mol. The van der Waals surface area contributed by atoms with Crippen molar-refractivity contribution < 1.29 is 19.1 Å². The fourth-order valence-electron chi connectivity index (χ4n) is 3.21. The van der Waals surface area contributed by atoms with E-state index in [9.17, 15) is 9.59 Å². The Morgan fingerprint density at radius 3 is 2.70 bits per heavy atom. The third-order valence-electron chi connectivity index (χ3n) is 5.06. The fourth-order valence-corrected chi connectivity index (χ4v) is 4.21. The summed E-state index contributed by atoms with van der Waals surface area (Å²) in [7, 11) is 1.54. The molecular formula is C20H21N5O4S. The molecule has 3 N–H and O–H groups in total. The molecule has 156 valence electrons. The number of aryl methyl sites for hydroxylation is 2. The van der Waals surface area contributed by atoms with Crippen LogP contribution in [0.15, 0.2) is 24.3 Å². The second kappa shape index (κ2) is 7.79. The lowest BCUT2D eigenvalue weighted by molar-refractivity contribution is 0.0792. The number of thiophene rings is 1. The minimum Gasteiger partial charge on any atom is -0.497 e. The van der Waals surface area contributed by atoms with Crippen LogP contribution in [0, 0.1) is 13.8 Å². The van der Waals surface area contributed by atoms with Crippen molar-refractivity contribution in [3.05, 3.63) is 40.4 Å². The molecule has 1 aromatic carbocycles. The summed E-state index contributed by atoms with van der Waals surface area (Å²) >= 11 is 1.22. The molecule has 2 aromatic heterocycles. The summed E-state index contributed by atoms with van der Waals surface area (Å²) in [6.45, 7) is 4.48. The Morgan fingerprint density at radius 1 is 1.23 bits per heavy atom. The van der Waals surface area contributed by atoms with Crippen molar-refractivity contribution in [1.82, 2.24) is 20.4 Å². The van der Waals surface area contributed by atoms with Gasteiger partial charge in [-0.25, -0.2) is 4.79 Å². The van der Waals surface area contributed by atoms with E-state index in [1.54, 1.807) is 31.4 Å². The first-order valence-corrected chi connectivity index (χ1v) is 10.1. The van der Waals surface area contributed by atoms with Gasteiger partial charge < -0.3 is 25.4 Å². The molecule has 0 saturated carbocycles. The monoisotopic (exact) mass is 427 g/mol. The van der Waals surface area contributed by atoms with E-state index in [4.69, 9.17) is 15.2 Å². The molecule has 0 bridgehead atoms. The average Bonchev–Trinajstić information content (AvgIpc) is 3.04. The number of hydrogen-bond donors (Lipinski definition) is 2. The number of nitrogens with two attached hydrogens (primary N) is 1. The largest absolute Gasteiger partial charge is 0.497 e. The number of ether oxygens (including phenoxy) is 2. The molecule has 3 aromatic rings. The van der Waals surface area contributed by atoms with Gasteiger partial charge in [0.15, 0.2) is 0 Å². The standard InChI is InChI=1S/C20H21N5O4S/c1-10-11(2)23-24-19-15(10)16(21)17(30-19)18(26)22-12-8-25(9-12)20(27)29-14-6-4-5-13(7-14)28-3/h4-7,12H,8-9,21H2,1-3H3,(H,22,26). The number of nitrogens with zero attached hydrogens (tertiary/aromatic N) is 3. The Labute approximate surface area is 176 Å². The van der Waals surface area contributed by atoms with E-state index in [-0.39, 0.29) is 11.9 Å². The molecule has 10 heteroatoms. The Hall–Kier alpha value is -3.40. The van der Waals surface area contributed by atoms with Gasteiger partial charge in [0.25, 0.3) is 5.91 Å². The third-order valence-corrected chi connectivity index (χ3v) is 6.15. The van der Waals surface area contributed by atoms with Gasteiger partial charge in [-0.2, -0.15) is 5.10 Å². The highest BCUT2D eigenvalue weighted by Gasteiger charge is 2.34. The number of nitrogen functional groups attached to an aromatic ring is 1. The maximum absolute atomic E-state index is 12.7. The molecule has 2 amide bonds. The van der Waals surface area contributed by atoms with Crippen LogP contribution in [0.5, 0.6) is 11.5 Å². The molecule has 9 nitrogen and oxygen atoms in total. The predicted molar refractivity (Wildman–Crippen MR) is 113 cm³/mol. The van der Waals surface area contributed by atoms with Crippen LogP contribution in [0.1, 0.15) is 20.9 Å². The number of amides is 2. The number of rotatable bonds is 4. The topological polar surface area (TPSA) is 120 Å². The molecular weight excluding hydrogens is 406 g/mol. The van der Waals surface area contributed by atoms with Crippen LogP contribution < -0.4 is 20.5 Å². The third kappa shape index (κ3) is 3.61. The van der Waals surface area contributed by atoms with Crippen molar-refractivity contribution in [3.63, 3.8) is 0 Å². The Bertz CT molecular complexity index is 1140. The van der Waals surface area contributed by atoms with Crippen LogP contribution in [-0.4, -0.2) is 53.3 Å². The highest BCUT2D eigenvalue weighted by Crippen LogP contribution is 2.35. The summed E-state index contributed by atoms with van der Waals surface area (Å²) in [5.41, 5.74) is 8.33. The molecule has 30 heavy (non-hydrogen) atoms. The number of carbonyl (C=O) groups is 2. The van der Waals surface area contributed by atoms with Crippen molar-refractivity contribution in [2.75, 3.05) is 25.9 Å². The lowest BCUT2D eigenvalue weighted by Crippen LogP contribution is -2.61. The van der Waals surface area contributed by atoms with Crippen molar-refractivity contribution in [3.8, 4) is 11.5 Å². The number of methoxy groups -OCH3 is 1. The first kappa shape index (κ1) is 19.9. The molecule has 0 atom stereocenters. The molecule has 0 aliphatic carbocycles. The van der Waals surface area contributed by atoms with Gasteiger partial charge in [-0.05, 0) is 31.5 Å². The first-order chi connectivity index (χ1) is 14.4. The van der Waals surface area contributed by atoms with E-state index in [2.05, 4.69) is 15.5 Å². The van der Waals surface area contributed by atoms with E-state index < -0.39 is 6.09 Å². The maximum atomic E-state index is 12.7. The van der Waals surface area contributed by atoms with Gasteiger partial charge in [0.2, 0.25) is 0 Å². The number of aromatic nitrogens is 2. The van der Waals surface area contributed by atoms with Gasteiger partial charge in [-0.15, -0.1) is 16.4 Å². The molecule has 1 aliphatic rings. The zero-order chi connectivity index (χ0) is 21.4. The number of hydrogen-bond acceptors (Lipinski definition) is 8. The van der Waals surface area contributed by atoms with Crippen molar-refractivity contribution >= 4 is 39.2 Å². The molecule has 1 aliphatic heterocycles. The zero-order valence-electron chi connectivity index (χ0n) is 16.8. The normalized spacial score (nSPS) is 13.8. The van der Waals surface area contributed by atoms with Gasteiger partial charge >= 0.3 is 6.09 Å². The zero-order valence-corrected chi connectivity index (χ0v) is 17.6. The lowest BCUT2D eigenvalue weighted by Gasteiger charge is -2.38. The Morgan fingerprint density at radius 2 is 1.97 bits per heavy atom. The van der Waals surface area contributed by atoms with Crippen molar-refractivity contribution in [2.24, 2.45) is 0 Å².